The Labute approximate surface area is 131 Å². The number of ether oxygens (including phenoxy) is 2. The minimum atomic E-state index is 0.776. The SMILES string of the molecule is COc1cc(C)c(-c2cc(CN(C)C)sc2C)cc1OC. The van der Waals surface area contributed by atoms with Crippen LogP contribution in [-0.2, 0) is 6.54 Å². The van der Waals surface area contributed by atoms with Crippen LogP contribution in [0.2, 0.25) is 0 Å². The highest BCUT2D eigenvalue weighted by Gasteiger charge is 2.14. The Morgan fingerprint density at radius 1 is 0.952 bits per heavy atom. The summed E-state index contributed by atoms with van der Waals surface area (Å²) >= 11 is 1.86. The van der Waals surface area contributed by atoms with Gasteiger partial charge in [0.1, 0.15) is 0 Å². The lowest BCUT2D eigenvalue weighted by molar-refractivity contribution is 0.355. The Bertz CT molecular complexity index is 632. The second-order valence-electron chi connectivity index (χ2n) is 5.44. The number of aryl methyl sites for hydroxylation is 2. The molecule has 2 rings (SSSR count). The molecule has 0 saturated heterocycles. The third-order valence-corrected chi connectivity index (χ3v) is 4.50. The van der Waals surface area contributed by atoms with E-state index >= 15 is 0 Å². The monoisotopic (exact) mass is 305 g/mol. The van der Waals surface area contributed by atoms with E-state index in [0.717, 1.165) is 18.0 Å². The number of benzene rings is 1. The van der Waals surface area contributed by atoms with Crippen molar-refractivity contribution in [1.82, 2.24) is 4.90 Å². The number of hydrogen-bond acceptors (Lipinski definition) is 4. The fourth-order valence-electron chi connectivity index (χ4n) is 2.47. The van der Waals surface area contributed by atoms with Crippen LogP contribution < -0.4 is 9.47 Å². The van der Waals surface area contributed by atoms with E-state index in [1.165, 1.54) is 26.4 Å². The summed E-state index contributed by atoms with van der Waals surface area (Å²) in [5, 5.41) is 0. The maximum Gasteiger partial charge on any atom is 0.161 e. The van der Waals surface area contributed by atoms with E-state index in [1.54, 1.807) is 14.2 Å². The van der Waals surface area contributed by atoms with Crippen molar-refractivity contribution in [3.63, 3.8) is 0 Å². The van der Waals surface area contributed by atoms with Crippen LogP contribution in [-0.4, -0.2) is 33.2 Å². The predicted octanol–water partition coefficient (Wildman–Crippen LogP) is 4.11. The van der Waals surface area contributed by atoms with Crippen molar-refractivity contribution in [3.05, 3.63) is 33.5 Å². The highest BCUT2D eigenvalue weighted by molar-refractivity contribution is 7.12. The summed E-state index contributed by atoms with van der Waals surface area (Å²) in [5.74, 6) is 1.55. The van der Waals surface area contributed by atoms with Crippen molar-refractivity contribution in [3.8, 4) is 22.6 Å². The van der Waals surface area contributed by atoms with E-state index < -0.39 is 0 Å². The van der Waals surface area contributed by atoms with Gasteiger partial charge in [0.05, 0.1) is 14.2 Å². The van der Waals surface area contributed by atoms with Crippen molar-refractivity contribution >= 4 is 11.3 Å². The summed E-state index contributed by atoms with van der Waals surface area (Å²) in [4.78, 5) is 4.90. The Hall–Kier alpha value is -1.52. The van der Waals surface area contributed by atoms with Gasteiger partial charge in [0, 0.05) is 16.3 Å². The lowest BCUT2D eigenvalue weighted by Gasteiger charge is -2.12. The number of nitrogens with zero attached hydrogens (tertiary/aromatic N) is 1. The van der Waals surface area contributed by atoms with Gasteiger partial charge < -0.3 is 14.4 Å². The second kappa shape index (κ2) is 6.50. The number of rotatable bonds is 5. The van der Waals surface area contributed by atoms with Gasteiger partial charge in [0.25, 0.3) is 0 Å². The van der Waals surface area contributed by atoms with Gasteiger partial charge in [-0.2, -0.15) is 0 Å². The fourth-order valence-corrected chi connectivity index (χ4v) is 3.64. The van der Waals surface area contributed by atoms with Gasteiger partial charge in [-0.15, -0.1) is 11.3 Å². The number of hydrogen-bond donors (Lipinski definition) is 0. The maximum atomic E-state index is 5.43. The highest BCUT2D eigenvalue weighted by Crippen LogP contribution is 2.39. The summed E-state index contributed by atoms with van der Waals surface area (Å²) in [5.41, 5.74) is 3.70. The lowest BCUT2D eigenvalue weighted by atomic mass is 10.00. The van der Waals surface area contributed by atoms with Crippen molar-refractivity contribution < 1.29 is 9.47 Å². The van der Waals surface area contributed by atoms with Gasteiger partial charge in [-0.05, 0) is 62.8 Å². The largest absolute Gasteiger partial charge is 0.493 e. The molecule has 1 heterocycles. The molecule has 0 aliphatic rings. The molecule has 0 spiro atoms. The first-order valence-electron chi connectivity index (χ1n) is 6.93. The first-order chi connectivity index (χ1) is 9.96. The van der Waals surface area contributed by atoms with E-state index in [1.807, 2.05) is 17.4 Å². The molecule has 0 atom stereocenters. The molecule has 0 bridgehead atoms. The molecule has 0 amide bonds. The minimum absolute atomic E-state index is 0.776. The van der Waals surface area contributed by atoms with Crippen molar-refractivity contribution in [2.24, 2.45) is 0 Å². The molecule has 1 aromatic carbocycles. The zero-order chi connectivity index (χ0) is 15.6. The molecule has 114 valence electrons. The fraction of sp³-hybridized carbons (Fsp3) is 0.412. The maximum absolute atomic E-state index is 5.43. The normalized spacial score (nSPS) is 11.0. The van der Waals surface area contributed by atoms with Gasteiger partial charge in [0.15, 0.2) is 11.5 Å². The number of thiophene rings is 1. The predicted molar refractivity (Wildman–Crippen MR) is 89.7 cm³/mol. The Morgan fingerprint density at radius 3 is 2.14 bits per heavy atom. The zero-order valence-electron chi connectivity index (χ0n) is 13.6. The molecule has 3 nitrogen and oxygen atoms in total. The molecule has 4 heteroatoms. The summed E-state index contributed by atoms with van der Waals surface area (Å²) in [7, 11) is 7.53. The first-order valence-corrected chi connectivity index (χ1v) is 7.75. The first kappa shape index (κ1) is 15.9. The van der Waals surface area contributed by atoms with Crippen LogP contribution in [0.5, 0.6) is 11.5 Å². The van der Waals surface area contributed by atoms with Crippen molar-refractivity contribution in [2.45, 2.75) is 20.4 Å². The van der Waals surface area contributed by atoms with Crippen molar-refractivity contribution in [1.29, 1.82) is 0 Å². The second-order valence-corrected chi connectivity index (χ2v) is 6.78. The average molecular weight is 305 g/mol. The third kappa shape index (κ3) is 3.39. The molecule has 0 N–H and O–H groups in total. The minimum Gasteiger partial charge on any atom is -0.493 e. The van der Waals surface area contributed by atoms with Gasteiger partial charge in [-0.1, -0.05) is 0 Å². The number of methoxy groups -OCH3 is 2. The van der Waals surface area contributed by atoms with Crippen molar-refractivity contribution in [2.75, 3.05) is 28.3 Å². The van der Waals surface area contributed by atoms with Gasteiger partial charge in [-0.3, -0.25) is 0 Å². The smallest absolute Gasteiger partial charge is 0.161 e. The molecule has 0 radical (unpaired) electrons. The van der Waals surface area contributed by atoms with Gasteiger partial charge in [-0.25, -0.2) is 0 Å². The molecule has 0 unspecified atom stereocenters. The molecule has 2 aromatic rings. The summed E-state index contributed by atoms with van der Waals surface area (Å²) in [6.07, 6.45) is 0. The molecule has 1 aromatic heterocycles. The standard InChI is InChI=1S/C17H23NO2S/c1-11-7-16(19-5)17(20-6)9-14(11)15-8-13(10-18(3)4)21-12(15)2/h7-9H,10H2,1-6H3. The summed E-state index contributed by atoms with van der Waals surface area (Å²) < 4.78 is 10.8. The molecule has 0 aliphatic heterocycles. The van der Waals surface area contributed by atoms with E-state index in [4.69, 9.17) is 9.47 Å². The van der Waals surface area contributed by atoms with Crippen LogP contribution in [0.4, 0.5) is 0 Å². The van der Waals surface area contributed by atoms with Crippen LogP contribution in [0, 0.1) is 13.8 Å². The van der Waals surface area contributed by atoms with E-state index in [-0.39, 0.29) is 0 Å². The van der Waals surface area contributed by atoms with E-state index in [9.17, 15) is 0 Å². The molecular weight excluding hydrogens is 282 g/mol. The topological polar surface area (TPSA) is 21.7 Å². The average Bonchev–Trinajstić information content (AvgIpc) is 2.78. The summed E-state index contributed by atoms with van der Waals surface area (Å²) in [6.45, 7) is 5.26. The quantitative estimate of drug-likeness (QED) is 0.830. The van der Waals surface area contributed by atoms with E-state index in [2.05, 4.69) is 45.0 Å². The van der Waals surface area contributed by atoms with Crippen LogP contribution in [0.25, 0.3) is 11.1 Å². The Morgan fingerprint density at radius 2 is 1.57 bits per heavy atom. The third-order valence-electron chi connectivity index (χ3n) is 3.46. The molecular formula is C17H23NO2S. The van der Waals surface area contributed by atoms with Gasteiger partial charge >= 0.3 is 0 Å². The van der Waals surface area contributed by atoms with Gasteiger partial charge in [0.2, 0.25) is 0 Å². The summed E-state index contributed by atoms with van der Waals surface area (Å²) in [6, 6.07) is 6.40. The van der Waals surface area contributed by atoms with Crippen LogP contribution in [0.3, 0.4) is 0 Å². The molecule has 0 aliphatic carbocycles. The highest BCUT2D eigenvalue weighted by atomic mass is 32.1. The zero-order valence-corrected chi connectivity index (χ0v) is 14.4. The molecule has 0 saturated carbocycles. The Kier molecular flexibility index (Phi) is 4.91. The molecule has 0 fully saturated rings. The lowest BCUT2D eigenvalue weighted by Crippen LogP contribution is -2.09. The van der Waals surface area contributed by atoms with Crippen LogP contribution >= 0.6 is 11.3 Å². The Balaban J connectivity index is 2.48. The van der Waals surface area contributed by atoms with Crippen LogP contribution in [0.1, 0.15) is 15.3 Å². The van der Waals surface area contributed by atoms with E-state index in [0.29, 0.717) is 0 Å². The molecule has 21 heavy (non-hydrogen) atoms. The van der Waals surface area contributed by atoms with Crippen LogP contribution in [0.15, 0.2) is 18.2 Å².